The highest BCUT2D eigenvalue weighted by atomic mass is 32.2. The van der Waals surface area contributed by atoms with Crippen LogP contribution < -0.4 is 10.6 Å². The van der Waals surface area contributed by atoms with Crippen molar-refractivity contribution in [3.8, 4) is 0 Å². The average Bonchev–Trinajstić information content (AvgIpc) is 3.28. The number of aliphatic carboxylic acids is 1. The summed E-state index contributed by atoms with van der Waals surface area (Å²) in [6.07, 6.45) is 3.47. The number of nitrogens with zero attached hydrogens (tertiary/aromatic N) is 2. The Morgan fingerprint density at radius 3 is 2.58 bits per heavy atom. The van der Waals surface area contributed by atoms with E-state index in [1.165, 1.54) is 18.3 Å². The predicted molar refractivity (Wildman–Crippen MR) is 120 cm³/mol. The van der Waals surface area contributed by atoms with Gasteiger partial charge in [-0.3, -0.25) is 14.6 Å². The second-order valence-electron chi connectivity index (χ2n) is 7.81. The molecule has 1 fully saturated rings. The normalized spacial score (nSPS) is 17.3. The van der Waals surface area contributed by atoms with Gasteiger partial charge in [0.25, 0.3) is 0 Å². The second kappa shape index (κ2) is 10.5. The smallest absolute Gasteiger partial charge is 0.326 e. The van der Waals surface area contributed by atoms with Crippen molar-refractivity contribution >= 4 is 33.5 Å². The van der Waals surface area contributed by atoms with E-state index in [1.807, 2.05) is 6.92 Å². The Kier molecular flexibility index (Phi) is 7.77. The monoisotopic (exact) mass is 474 g/mol. The summed E-state index contributed by atoms with van der Waals surface area (Å²) in [6, 6.07) is 7.27. The number of nitrogens with one attached hydrogen (secondary N) is 2. The van der Waals surface area contributed by atoms with Crippen LogP contribution in [0.5, 0.6) is 0 Å². The van der Waals surface area contributed by atoms with Gasteiger partial charge < -0.3 is 15.7 Å². The van der Waals surface area contributed by atoms with Gasteiger partial charge in [0, 0.05) is 19.2 Å². The van der Waals surface area contributed by atoms with E-state index in [2.05, 4.69) is 15.6 Å². The van der Waals surface area contributed by atoms with Gasteiger partial charge >= 0.3 is 5.97 Å². The van der Waals surface area contributed by atoms with Crippen molar-refractivity contribution < 1.29 is 27.9 Å². The van der Waals surface area contributed by atoms with Crippen molar-refractivity contribution in [2.75, 3.05) is 11.9 Å². The largest absolute Gasteiger partial charge is 0.480 e. The van der Waals surface area contributed by atoms with Crippen LogP contribution in [0.25, 0.3) is 0 Å². The Hall–Kier alpha value is -3.31. The van der Waals surface area contributed by atoms with Crippen LogP contribution in [0.2, 0.25) is 0 Å². The molecule has 2 aromatic rings. The van der Waals surface area contributed by atoms with Gasteiger partial charge in [-0.2, -0.15) is 4.31 Å². The van der Waals surface area contributed by atoms with Crippen molar-refractivity contribution in [3.05, 3.63) is 54.4 Å². The number of sulfonamides is 1. The van der Waals surface area contributed by atoms with Crippen molar-refractivity contribution in [3.63, 3.8) is 0 Å². The van der Waals surface area contributed by atoms with Crippen molar-refractivity contribution in [1.29, 1.82) is 0 Å². The summed E-state index contributed by atoms with van der Waals surface area (Å²) in [4.78, 5) is 40.6. The van der Waals surface area contributed by atoms with Crippen molar-refractivity contribution in [1.82, 2.24) is 14.6 Å². The van der Waals surface area contributed by atoms with E-state index < -0.39 is 39.9 Å². The molecule has 2 amide bonds. The highest BCUT2D eigenvalue weighted by molar-refractivity contribution is 7.89. The number of benzene rings is 1. The molecule has 33 heavy (non-hydrogen) atoms. The fraction of sp³-hybridized carbons (Fsp3) is 0.364. The lowest BCUT2D eigenvalue weighted by atomic mass is 10.1. The number of aromatic nitrogens is 1. The maximum absolute atomic E-state index is 13.0. The van der Waals surface area contributed by atoms with Crippen LogP contribution in [0.1, 0.15) is 31.2 Å². The topological polar surface area (TPSA) is 146 Å². The number of rotatable bonds is 9. The lowest BCUT2D eigenvalue weighted by Crippen LogP contribution is -2.50. The molecule has 3 N–H and O–H groups in total. The molecule has 0 unspecified atom stereocenters. The van der Waals surface area contributed by atoms with Crippen LogP contribution >= 0.6 is 0 Å². The van der Waals surface area contributed by atoms with Gasteiger partial charge in [0.15, 0.2) is 0 Å². The molecule has 2 atom stereocenters. The number of aryl methyl sites for hydroxylation is 1. The molecule has 1 aliphatic rings. The summed E-state index contributed by atoms with van der Waals surface area (Å²) in [7, 11) is -3.91. The van der Waals surface area contributed by atoms with Crippen LogP contribution in [0.15, 0.2) is 53.7 Å². The quantitative estimate of drug-likeness (QED) is 0.500. The van der Waals surface area contributed by atoms with Gasteiger partial charge in [-0.15, -0.1) is 0 Å². The summed E-state index contributed by atoms with van der Waals surface area (Å²) in [5, 5.41) is 14.5. The first-order valence-electron chi connectivity index (χ1n) is 10.5. The molecule has 1 aromatic carbocycles. The number of hydrogen-bond donors (Lipinski definition) is 3. The van der Waals surface area contributed by atoms with Gasteiger partial charge in [-0.05, 0) is 50.5 Å². The van der Waals surface area contributed by atoms with E-state index in [4.69, 9.17) is 0 Å². The van der Waals surface area contributed by atoms with Crippen molar-refractivity contribution in [2.24, 2.45) is 0 Å². The van der Waals surface area contributed by atoms with Crippen molar-refractivity contribution in [2.45, 2.75) is 49.6 Å². The third kappa shape index (κ3) is 6.14. The summed E-state index contributed by atoms with van der Waals surface area (Å²) in [5.74, 6) is -2.42. The molecule has 1 saturated heterocycles. The molecule has 176 valence electrons. The molecule has 10 nitrogen and oxygen atoms in total. The lowest BCUT2D eigenvalue weighted by Gasteiger charge is -2.25. The first-order valence-corrected chi connectivity index (χ1v) is 11.9. The molecule has 3 rings (SSSR count). The SMILES string of the molecule is Cc1ccc(S(=O)(=O)N2CCC[C@H]2C(=O)N[C@@H](CCC(=O)Nc2cccnc2)C(=O)O)cc1. The molecular formula is C22H26N4O6S. The zero-order chi connectivity index (χ0) is 24.0. The molecule has 1 aromatic heterocycles. The molecule has 2 heterocycles. The zero-order valence-corrected chi connectivity index (χ0v) is 18.9. The third-order valence-electron chi connectivity index (χ3n) is 5.35. The number of carboxylic acids is 1. The maximum atomic E-state index is 13.0. The standard InChI is InChI=1S/C22H26N4O6S/c1-15-6-8-17(9-7-15)33(31,32)26-13-3-5-19(26)21(28)25-18(22(29)30)10-11-20(27)24-16-4-2-12-23-14-16/h2,4,6-9,12,14,18-19H,3,5,10-11,13H2,1H3,(H,24,27)(H,25,28)(H,29,30)/t18-,19-/m0/s1. The van der Waals surface area contributed by atoms with E-state index >= 15 is 0 Å². The van der Waals surface area contributed by atoms with Gasteiger partial charge in [0.05, 0.1) is 16.8 Å². The molecule has 0 radical (unpaired) electrons. The highest BCUT2D eigenvalue weighted by Gasteiger charge is 2.40. The van der Waals surface area contributed by atoms with Crippen LogP contribution in [-0.4, -0.2) is 59.2 Å². The molecule has 0 bridgehead atoms. The number of carboxylic acid groups (broad SMARTS) is 1. The van der Waals surface area contributed by atoms with E-state index in [0.29, 0.717) is 12.1 Å². The summed E-state index contributed by atoms with van der Waals surface area (Å²) in [5.41, 5.74) is 1.38. The summed E-state index contributed by atoms with van der Waals surface area (Å²) < 4.78 is 27.2. The third-order valence-corrected chi connectivity index (χ3v) is 7.28. The van der Waals surface area contributed by atoms with E-state index in [0.717, 1.165) is 9.87 Å². The van der Waals surface area contributed by atoms with Gasteiger partial charge in [-0.1, -0.05) is 17.7 Å². The van der Waals surface area contributed by atoms with E-state index in [9.17, 15) is 27.9 Å². The number of amides is 2. The van der Waals surface area contributed by atoms with Gasteiger partial charge in [0.1, 0.15) is 12.1 Å². The Labute approximate surface area is 192 Å². The molecule has 1 aliphatic heterocycles. The molecule has 0 aliphatic carbocycles. The minimum absolute atomic E-state index is 0.0784. The van der Waals surface area contributed by atoms with E-state index in [-0.39, 0.29) is 30.7 Å². The Morgan fingerprint density at radius 1 is 1.21 bits per heavy atom. The minimum Gasteiger partial charge on any atom is -0.480 e. The Balaban J connectivity index is 1.63. The minimum atomic E-state index is -3.91. The Morgan fingerprint density at radius 2 is 1.94 bits per heavy atom. The average molecular weight is 475 g/mol. The second-order valence-corrected chi connectivity index (χ2v) is 9.71. The molecular weight excluding hydrogens is 448 g/mol. The first-order chi connectivity index (χ1) is 15.7. The zero-order valence-electron chi connectivity index (χ0n) is 18.1. The highest BCUT2D eigenvalue weighted by Crippen LogP contribution is 2.26. The lowest BCUT2D eigenvalue weighted by molar-refractivity contribution is -0.142. The van der Waals surface area contributed by atoms with Gasteiger partial charge in [0.2, 0.25) is 21.8 Å². The summed E-state index contributed by atoms with van der Waals surface area (Å²) >= 11 is 0. The number of carbonyl (C=O) groups excluding carboxylic acids is 2. The molecule has 11 heteroatoms. The van der Waals surface area contributed by atoms with Crippen LogP contribution in [0, 0.1) is 6.92 Å². The predicted octanol–water partition coefficient (Wildman–Crippen LogP) is 1.53. The number of hydrogen-bond acceptors (Lipinski definition) is 6. The Bertz CT molecular complexity index is 1110. The maximum Gasteiger partial charge on any atom is 0.326 e. The van der Waals surface area contributed by atoms with Gasteiger partial charge in [-0.25, -0.2) is 13.2 Å². The van der Waals surface area contributed by atoms with E-state index in [1.54, 1.807) is 30.5 Å². The fourth-order valence-electron chi connectivity index (χ4n) is 3.60. The molecule has 0 spiro atoms. The number of anilines is 1. The molecule has 0 saturated carbocycles. The van der Waals surface area contributed by atoms with Crippen LogP contribution in [0.4, 0.5) is 5.69 Å². The van der Waals surface area contributed by atoms with Crippen LogP contribution in [-0.2, 0) is 24.4 Å². The number of pyridine rings is 1. The number of carbonyl (C=O) groups is 3. The first kappa shape index (κ1) is 24.3. The summed E-state index contributed by atoms with van der Waals surface area (Å²) in [6.45, 7) is 2.01. The fourth-order valence-corrected chi connectivity index (χ4v) is 5.25. The van der Waals surface area contributed by atoms with Crippen LogP contribution in [0.3, 0.4) is 0 Å².